The van der Waals surface area contributed by atoms with E-state index in [9.17, 15) is 22.8 Å². The predicted molar refractivity (Wildman–Crippen MR) is 73.3 cm³/mol. The van der Waals surface area contributed by atoms with Crippen molar-refractivity contribution in [3.8, 4) is 0 Å². The van der Waals surface area contributed by atoms with Gasteiger partial charge in [0, 0.05) is 18.5 Å². The molecule has 0 aromatic carbocycles. The highest BCUT2D eigenvalue weighted by atomic mass is 19.4. The Balaban J connectivity index is 2.14. The number of hydrogen-bond acceptors (Lipinski definition) is 3. The summed E-state index contributed by atoms with van der Waals surface area (Å²) < 4.78 is 38.5. The van der Waals surface area contributed by atoms with Crippen molar-refractivity contribution in [3.63, 3.8) is 0 Å². The first-order valence-electron chi connectivity index (χ1n) is 6.26. The van der Waals surface area contributed by atoms with Gasteiger partial charge >= 0.3 is 6.18 Å². The number of carbonyl (C=O) groups excluding carboxylic acids is 1. The van der Waals surface area contributed by atoms with Crippen LogP contribution in [0.15, 0.2) is 41.5 Å². The van der Waals surface area contributed by atoms with Crippen molar-refractivity contribution in [2.75, 3.05) is 5.32 Å². The van der Waals surface area contributed by atoms with Gasteiger partial charge in [-0.25, -0.2) is 4.98 Å². The van der Waals surface area contributed by atoms with Crippen LogP contribution in [0.5, 0.6) is 0 Å². The smallest absolute Gasteiger partial charge is 0.309 e. The first-order chi connectivity index (χ1) is 10.3. The van der Waals surface area contributed by atoms with Gasteiger partial charge in [0.25, 0.3) is 5.56 Å². The molecule has 2 aromatic rings. The van der Waals surface area contributed by atoms with Crippen molar-refractivity contribution in [2.24, 2.45) is 0 Å². The van der Waals surface area contributed by atoms with Crippen LogP contribution >= 0.6 is 0 Å². The predicted octanol–water partition coefficient (Wildman–Crippen LogP) is 2.21. The number of anilines is 1. The molecule has 116 valence electrons. The summed E-state index contributed by atoms with van der Waals surface area (Å²) in [4.78, 5) is 27.3. The lowest BCUT2D eigenvalue weighted by atomic mass is 10.2. The van der Waals surface area contributed by atoms with E-state index in [1.54, 1.807) is 12.1 Å². The molecule has 0 fully saturated rings. The Bertz CT molecular complexity index is 736. The van der Waals surface area contributed by atoms with E-state index in [1.165, 1.54) is 6.20 Å². The molecule has 0 saturated heterocycles. The normalized spacial score (nSPS) is 11.3. The topological polar surface area (TPSA) is 64.0 Å². The van der Waals surface area contributed by atoms with Crippen LogP contribution in [0.25, 0.3) is 0 Å². The number of amides is 1. The van der Waals surface area contributed by atoms with Gasteiger partial charge in [-0.05, 0) is 24.6 Å². The molecule has 8 heteroatoms. The Morgan fingerprint density at radius 2 is 2.00 bits per heavy atom. The lowest BCUT2D eigenvalue weighted by Gasteiger charge is -2.10. The van der Waals surface area contributed by atoms with Crippen molar-refractivity contribution in [3.05, 3.63) is 58.1 Å². The molecule has 1 N–H and O–H groups in total. The van der Waals surface area contributed by atoms with Crippen LogP contribution < -0.4 is 10.9 Å². The fourth-order valence-electron chi connectivity index (χ4n) is 1.70. The highest BCUT2D eigenvalue weighted by Crippen LogP contribution is 2.27. The summed E-state index contributed by atoms with van der Waals surface area (Å²) in [6, 6.07) is 4.74. The van der Waals surface area contributed by atoms with E-state index in [1.807, 2.05) is 6.92 Å². The Morgan fingerprint density at radius 1 is 1.27 bits per heavy atom. The summed E-state index contributed by atoms with van der Waals surface area (Å²) >= 11 is 0. The number of hydrogen-bond donors (Lipinski definition) is 1. The lowest BCUT2D eigenvalue weighted by molar-refractivity contribution is -0.138. The maximum Gasteiger partial charge on any atom is 0.417 e. The maximum absolute atomic E-state index is 12.6. The molecule has 22 heavy (non-hydrogen) atoms. The van der Waals surface area contributed by atoms with Gasteiger partial charge in [0.05, 0.1) is 5.56 Å². The van der Waals surface area contributed by atoms with Crippen molar-refractivity contribution < 1.29 is 18.0 Å². The van der Waals surface area contributed by atoms with E-state index in [0.29, 0.717) is 16.8 Å². The second kappa shape index (κ2) is 6.00. The van der Waals surface area contributed by atoms with Crippen LogP contribution in [-0.4, -0.2) is 15.5 Å². The zero-order valence-corrected chi connectivity index (χ0v) is 11.5. The number of rotatable bonds is 3. The number of nitrogens with zero attached hydrogens (tertiary/aromatic N) is 2. The first kappa shape index (κ1) is 15.7. The largest absolute Gasteiger partial charge is 0.417 e. The summed E-state index contributed by atoms with van der Waals surface area (Å²) in [5.41, 5.74) is -0.791. The van der Waals surface area contributed by atoms with Gasteiger partial charge in [0.2, 0.25) is 5.91 Å². The van der Waals surface area contributed by atoms with E-state index in [4.69, 9.17) is 0 Å². The zero-order valence-electron chi connectivity index (χ0n) is 11.5. The fraction of sp³-hybridized carbons (Fsp3) is 0.214. The number of aromatic nitrogens is 2. The van der Waals surface area contributed by atoms with E-state index in [-0.39, 0.29) is 5.82 Å². The lowest BCUT2D eigenvalue weighted by Crippen LogP contribution is -2.28. The van der Waals surface area contributed by atoms with Crippen LogP contribution in [0.1, 0.15) is 11.1 Å². The third-order valence-corrected chi connectivity index (χ3v) is 2.80. The van der Waals surface area contributed by atoms with Crippen molar-refractivity contribution in [1.82, 2.24) is 9.55 Å². The van der Waals surface area contributed by atoms with Crippen LogP contribution in [0, 0.1) is 6.92 Å². The number of nitrogens with one attached hydrogen (secondary N) is 1. The molecule has 5 nitrogen and oxygen atoms in total. The second-order valence-electron chi connectivity index (χ2n) is 4.65. The highest BCUT2D eigenvalue weighted by molar-refractivity contribution is 5.89. The second-order valence-corrected chi connectivity index (χ2v) is 4.65. The molecule has 0 bridgehead atoms. The number of pyridine rings is 2. The number of halogens is 3. The van der Waals surface area contributed by atoms with Gasteiger partial charge in [-0.15, -0.1) is 0 Å². The standard InChI is InChI=1S/C14H12F3N3O2/c1-9-2-4-11(18-6-9)19-12(21)8-20-7-10(14(15,16)17)3-5-13(20)22/h2-7H,8H2,1H3,(H,18,19,21). The molecule has 0 aliphatic heterocycles. The quantitative estimate of drug-likeness (QED) is 0.945. The van der Waals surface area contributed by atoms with E-state index in [0.717, 1.165) is 11.6 Å². The van der Waals surface area contributed by atoms with Crippen molar-refractivity contribution in [2.45, 2.75) is 19.6 Å². The third-order valence-electron chi connectivity index (χ3n) is 2.80. The number of alkyl halides is 3. The van der Waals surface area contributed by atoms with Gasteiger partial charge < -0.3 is 9.88 Å². The van der Waals surface area contributed by atoms with E-state index in [2.05, 4.69) is 10.3 Å². The Morgan fingerprint density at radius 3 is 2.59 bits per heavy atom. The van der Waals surface area contributed by atoms with Crippen LogP contribution in [-0.2, 0) is 17.5 Å². The molecule has 1 amide bonds. The Kier molecular flexibility index (Phi) is 4.30. The van der Waals surface area contributed by atoms with Crippen LogP contribution in [0.3, 0.4) is 0 Å². The van der Waals surface area contributed by atoms with E-state index < -0.39 is 29.8 Å². The Labute approximate surface area is 123 Å². The van der Waals surface area contributed by atoms with Gasteiger partial charge in [0.1, 0.15) is 12.4 Å². The highest BCUT2D eigenvalue weighted by Gasteiger charge is 2.31. The van der Waals surface area contributed by atoms with Gasteiger partial charge in [-0.1, -0.05) is 6.07 Å². The summed E-state index contributed by atoms with van der Waals surface area (Å²) in [6.07, 6.45) is -2.43. The monoisotopic (exact) mass is 311 g/mol. The fourth-order valence-corrected chi connectivity index (χ4v) is 1.70. The molecular weight excluding hydrogens is 299 g/mol. The van der Waals surface area contributed by atoms with Crippen LogP contribution in [0.4, 0.5) is 19.0 Å². The summed E-state index contributed by atoms with van der Waals surface area (Å²) in [7, 11) is 0. The average molecular weight is 311 g/mol. The molecular formula is C14H12F3N3O2. The minimum absolute atomic E-state index is 0.260. The number of aryl methyl sites for hydroxylation is 1. The first-order valence-corrected chi connectivity index (χ1v) is 6.26. The molecule has 0 aliphatic rings. The van der Waals surface area contributed by atoms with Gasteiger partial charge in [-0.3, -0.25) is 9.59 Å². The summed E-state index contributed by atoms with van der Waals surface area (Å²) in [5.74, 6) is -0.381. The molecule has 2 aromatic heterocycles. The maximum atomic E-state index is 12.6. The van der Waals surface area contributed by atoms with Crippen molar-refractivity contribution >= 4 is 11.7 Å². The summed E-state index contributed by atoms with van der Waals surface area (Å²) in [6.45, 7) is 1.29. The summed E-state index contributed by atoms with van der Waals surface area (Å²) in [5, 5.41) is 2.41. The molecule has 0 atom stereocenters. The molecule has 2 rings (SSSR count). The van der Waals surface area contributed by atoms with Crippen LogP contribution in [0.2, 0.25) is 0 Å². The third kappa shape index (κ3) is 3.94. The molecule has 0 radical (unpaired) electrons. The minimum atomic E-state index is -4.58. The molecule has 0 unspecified atom stereocenters. The van der Waals surface area contributed by atoms with Gasteiger partial charge in [0.15, 0.2) is 0 Å². The number of carbonyl (C=O) groups is 1. The van der Waals surface area contributed by atoms with E-state index >= 15 is 0 Å². The zero-order chi connectivity index (χ0) is 16.3. The minimum Gasteiger partial charge on any atom is -0.309 e. The molecule has 2 heterocycles. The average Bonchev–Trinajstić information content (AvgIpc) is 2.42. The SMILES string of the molecule is Cc1ccc(NC(=O)Cn2cc(C(F)(F)F)ccc2=O)nc1. The Hall–Kier alpha value is -2.64. The van der Waals surface area contributed by atoms with Crippen molar-refractivity contribution in [1.29, 1.82) is 0 Å². The molecule has 0 spiro atoms. The van der Waals surface area contributed by atoms with Gasteiger partial charge in [-0.2, -0.15) is 13.2 Å². The molecule has 0 saturated carbocycles. The molecule has 0 aliphatic carbocycles.